The fraction of sp³-hybridized carbons (Fsp3) is 0.300. The van der Waals surface area contributed by atoms with Gasteiger partial charge in [-0.2, -0.15) is 0 Å². The van der Waals surface area contributed by atoms with E-state index in [4.69, 9.17) is 5.73 Å². The van der Waals surface area contributed by atoms with Crippen LogP contribution < -0.4 is 5.73 Å². The zero-order chi connectivity index (χ0) is 13.9. The molecule has 0 aliphatic carbocycles. The molecule has 18 heavy (non-hydrogen) atoms. The summed E-state index contributed by atoms with van der Waals surface area (Å²) >= 11 is 0. The molecule has 4 N–H and O–H groups in total. The van der Waals surface area contributed by atoms with Crippen molar-refractivity contribution in [2.45, 2.75) is 12.5 Å². The third kappa shape index (κ3) is 2.86. The second kappa shape index (κ2) is 5.32. The van der Waals surface area contributed by atoms with Crippen LogP contribution in [0.15, 0.2) is 12.1 Å². The number of aromatic hydroxyl groups is 2. The van der Waals surface area contributed by atoms with Gasteiger partial charge in [-0.05, 0) is 11.6 Å². The first-order valence-corrected chi connectivity index (χ1v) is 4.89. The standard InChI is InChI=1S/C10H12N2O6/c1-18-9(14)4-6(11)5-2-7(12(16)17)10(15)8(13)3-5/h2-3,6,13,15H,4,11H2,1H3/t6-/m1/s1. The van der Waals surface area contributed by atoms with E-state index in [1.165, 1.54) is 7.11 Å². The number of benzene rings is 1. The van der Waals surface area contributed by atoms with Gasteiger partial charge in [-0.3, -0.25) is 14.9 Å². The number of nitrogens with two attached hydrogens (primary N) is 1. The van der Waals surface area contributed by atoms with Gasteiger partial charge < -0.3 is 20.7 Å². The van der Waals surface area contributed by atoms with Crippen LogP contribution in [0.2, 0.25) is 0 Å². The Morgan fingerprint density at radius 1 is 1.56 bits per heavy atom. The average molecular weight is 256 g/mol. The van der Waals surface area contributed by atoms with E-state index in [2.05, 4.69) is 4.74 Å². The highest BCUT2D eigenvalue weighted by molar-refractivity contribution is 5.70. The third-order valence-corrected chi connectivity index (χ3v) is 2.33. The number of nitrogens with zero attached hydrogens (tertiary/aromatic N) is 1. The Labute approximate surface area is 102 Å². The van der Waals surface area contributed by atoms with E-state index in [9.17, 15) is 25.1 Å². The highest BCUT2D eigenvalue weighted by Gasteiger charge is 2.22. The maximum atomic E-state index is 11.0. The van der Waals surface area contributed by atoms with Crippen LogP contribution in [0.5, 0.6) is 11.5 Å². The molecule has 8 nitrogen and oxygen atoms in total. The number of carbonyl (C=O) groups excluding carboxylic acids is 1. The molecule has 0 fully saturated rings. The van der Waals surface area contributed by atoms with Crippen molar-refractivity contribution < 1.29 is 24.7 Å². The number of rotatable bonds is 4. The molecule has 0 spiro atoms. The molecule has 0 heterocycles. The summed E-state index contributed by atoms with van der Waals surface area (Å²) < 4.78 is 4.41. The van der Waals surface area contributed by atoms with Gasteiger partial charge in [0.2, 0.25) is 5.75 Å². The predicted molar refractivity (Wildman–Crippen MR) is 60.0 cm³/mol. The lowest BCUT2D eigenvalue weighted by atomic mass is 10.0. The zero-order valence-corrected chi connectivity index (χ0v) is 9.49. The summed E-state index contributed by atoms with van der Waals surface area (Å²) in [6.07, 6.45) is -0.197. The van der Waals surface area contributed by atoms with Crippen LogP contribution in [0.3, 0.4) is 0 Å². The van der Waals surface area contributed by atoms with Crippen molar-refractivity contribution in [3.63, 3.8) is 0 Å². The van der Waals surface area contributed by atoms with Gasteiger partial charge in [0.1, 0.15) is 0 Å². The van der Waals surface area contributed by atoms with E-state index in [1.807, 2.05) is 0 Å². The van der Waals surface area contributed by atoms with Gasteiger partial charge in [0.15, 0.2) is 5.75 Å². The average Bonchev–Trinajstić information content (AvgIpc) is 2.31. The van der Waals surface area contributed by atoms with E-state index in [-0.39, 0.29) is 12.0 Å². The highest BCUT2D eigenvalue weighted by Crippen LogP contribution is 2.37. The Balaban J connectivity index is 3.10. The smallest absolute Gasteiger partial charge is 0.314 e. The fourth-order valence-electron chi connectivity index (χ4n) is 1.36. The minimum absolute atomic E-state index is 0.155. The van der Waals surface area contributed by atoms with Gasteiger partial charge in [-0.1, -0.05) is 0 Å². The lowest BCUT2D eigenvalue weighted by molar-refractivity contribution is -0.386. The monoisotopic (exact) mass is 256 g/mol. The number of nitro benzene ring substituents is 1. The number of carbonyl (C=O) groups is 1. The van der Waals surface area contributed by atoms with Gasteiger partial charge >= 0.3 is 11.7 Å². The van der Waals surface area contributed by atoms with Crippen LogP contribution in [0.1, 0.15) is 18.0 Å². The van der Waals surface area contributed by atoms with Crippen LogP contribution in [-0.2, 0) is 9.53 Å². The molecule has 0 aliphatic rings. The molecule has 1 aromatic rings. The maximum Gasteiger partial charge on any atom is 0.314 e. The summed E-state index contributed by atoms with van der Waals surface area (Å²) in [6.45, 7) is 0. The van der Waals surface area contributed by atoms with E-state index < -0.39 is 34.1 Å². The van der Waals surface area contributed by atoms with Gasteiger partial charge in [0.25, 0.3) is 0 Å². The van der Waals surface area contributed by atoms with Gasteiger partial charge in [-0.15, -0.1) is 0 Å². The first-order chi connectivity index (χ1) is 8.36. The minimum atomic E-state index is -0.873. The van der Waals surface area contributed by atoms with Crippen LogP contribution in [0.4, 0.5) is 5.69 Å². The van der Waals surface area contributed by atoms with Crippen molar-refractivity contribution in [3.8, 4) is 11.5 Å². The third-order valence-electron chi connectivity index (χ3n) is 2.33. The summed E-state index contributed by atoms with van der Waals surface area (Å²) in [4.78, 5) is 20.8. The predicted octanol–water partition coefficient (Wildman–Crippen LogP) is 0.569. The molecule has 1 rings (SSSR count). The molecule has 0 radical (unpaired) electrons. The van der Waals surface area contributed by atoms with Crippen molar-refractivity contribution in [1.29, 1.82) is 0 Å². The number of hydrogen-bond donors (Lipinski definition) is 3. The highest BCUT2D eigenvalue weighted by atomic mass is 16.6. The number of phenols is 2. The number of nitro groups is 1. The van der Waals surface area contributed by atoms with E-state index >= 15 is 0 Å². The lowest BCUT2D eigenvalue weighted by Gasteiger charge is -2.11. The Kier molecular flexibility index (Phi) is 4.05. The molecule has 1 aromatic carbocycles. The topological polar surface area (TPSA) is 136 Å². The van der Waals surface area contributed by atoms with E-state index in [1.54, 1.807) is 0 Å². The molecule has 0 unspecified atom stereocenters. The van der Waals surface area contributed by atoms with Gasteiger partial charge in [0, 0.05) is 12.1 Å². The quantitative estimate of drug-likeness (QED) is 0.310. The number of methoxy groups -OCH3 is 1. The Bertz CT molecular complexity index is 488. The number of hydrogen-bond acceptors (Lipinski definition) is 7. The maximum absolute atomic E-state index is 11.0. The van der Waals surface area contributed by atoms with E-state index in [0.717, 1.165) is 12.1 Å². The van der Waals surface area contributed by atoms with Crippen molar-refractivity contribution in [2.75, 3.05) is 7.11 Å². The van der Waals surface area contributed by atoms with E-state index in [0.29, 0.717) is 0 Å². The summed E-state index contributed by atoms with van der Waals surface area (Å²) in [5, 5.41) is 29.3. The first-order valence-electron chi connectivity index (χ1n) is 4.89. The Hall–Kier alpha value is -2.35. The Morgan fingerprint density at radius 2 is 2.17 bits per heavy atom. The molecule has 0 saturated carbocycles. The van der Waals surface area contributed by atoms with Crippen molar-refractivity contribution >= 4 is 11.7 Å². The molecule has 0 aromatic heterocycles. The molecule has 0 saturated heterocycles. The van der Waals surface area contributed by atoms with Crippen LogP contribution >= 0.6 is 0 Å². The molecule has 1 atom stereocenters. The second-order valence-electron chi connectivity index (χ2n) is 3.55. The van der Waals surface area contributed by atoms with Crippen molar-refractivity contribution in [1.82, 2.24) is 0 Å². The molecule has 98 valence electrons. The zero-order valence-electron chi connectivity index (χ0n) is 9.49. The number of phenolic OH excluding ortho intramolecular Hbond substituents is 2. The molecule has 0 bridgehead atoms. The molecule has 8 heteroatoms. The van der Waals surface area contributed by atoms with Crippen LogP contribution in [-0.4, -0.2) is 28.2 Å². The minimum Gasteiger partial charge on any atom is -0.504 e. The van der Waals surface area contributed by atoms with Gasteiger partial charge in [0.05, 0.1) is 18.5 Å². The molecular formula is C10H12N2O6. The first kappa shape index (κ1) is 13.7. The fourth-order valence-corrected chi connectivity index (χ4v) is 1.36. The summed E-state index contributed by atoms with van der Waals surface area (Å²) in [5.41, 5.74) is 5.12. The molecular weight excluding hydrogens is 244 g/mol. The van der Waals surface area contributed by atoms with Gasteiger partial charge in [-0.25, -0.2) is 0 Å². The molecule has 0 aliphatic heterocycles. The summed E-state index contributed by atoms with van der Waals surface area (Å²) in [5.74, 6) is -2.09. The van der Waals surface area contributed by atoms with Crippen LogP contribution in [0, 0.1) is 10.1 Å². The summed E-state index contributed by atoms with van der Waals surface area (Å²) in [7, 11) is 1.19. The van der Waals surface area contributed by atoms with Crippen LogP contribution in [0.25, 0.3) is 0 Å². The number of ether oxygens (including phenoxy) is 1. The van der Waals surface area contributed by atoms with Crippen molar-refractivity contribution in [3.05, 3.63) is 27.8 Å². The number of esters is 1. The molecule has 0 amide bonds. The second-order valence-corrected chi connectivity index (χ2v) is 3.55. The summed E-state index contributed by atoms with van der Waals surface area (Å²) in [6, 6.07) is 1.20. The Morgan fingerprint density at radius 3 is 2.67 bits per heavy atom. The SMILES string of the molecule is COC(=O)C[C@@H](N)c1cc(O)c(O)c([N+](=O)[O-])c1. The van der Waals surface area contributed by atoms with Crippen molar-refractivity contribution in [2.24, 2.45) is 5.73 Å². The largest absolute Gasteiger partial charge is 0.504 e. The lowest BCUT2D eigenvalue weighted by Crippen LogP contribution is -2.16. The normalized spacial score (nSPS) is 11.9.